The van der Waals surface area contributed by atoms with Crippen LogP contribution in [0.5, 0.6) is 0 Å². The van der Waals surface area contributed by atoms with Crippen LogP contribution in [0.4, 0.5) is 0 Å². The molecule has 1 aromatic rings. The van der Waals surface area contributed by atoms with Gasteiger partial charge in [0, 0.05) is 18.4 Å². The largest absolute Gasteiger partial charge is 0.345 e. The zero-order chi connectivity index (χ0) is 13.5. The SMILES string of the molecule is Cc1cnc(C2CCCN2S(=O)(=O)C2CCCC2)[nH]1. The molecule has 5 nitrogen and oxygen atoms in total. The lowest BCUT2D eigenvalue weighted by atomic mass is 10.2. The van der Waals surface area contributed by atoms with E-state index in [1.165, 1.54) is 0 Å². The highest BCUT2D eigenvalue weighted by molar-refractivity contribution is 7.89. The minimum Gasteiger partial charge on any atom is -0.345 e. The van der Waals surface area contributed by atoms with Gasteiger partial charge in [0.25, 0.3) is 0 Å². The molecule has 2 fully saturated rings. The Morgan fingerprint density at radius 3 is 2.63 bits per heavy atom. The molecule has 0 radical (unpaired) electrons. The Kier molecular flexibility index (Phi) is 3.39. The predicted molar refractivity (Wildman–Crippen MR) is 73.2 cm³/mol. The Balaban J connectivity index is 1.86. The van der Waals surface area contributed by atoms with Crippen LogP contribution in [-0.4, -0.2) is 34.5 Å². The van der Waals surface area contributed by atoms with E-state index in [0.717, 1.165) is 50.0 Å². The highest BCUT2D eigenvalue weighted by Gasteiger charge is 2.41. The molecular formula is C13H21N3O2S. The Hall–Kier alpha value is -0.880. The molecule has 0 spiro atoms. The summed E-state index contributed by atoms with van der Waals surface area (Å²) in [6, 6.07) is -0.0840. The fourth-order valence-corrected chi connectivity index (χ4v) is 5.55. The number of imidazole rings is 1. The number of aryl methyl sites for hydroxylation is 1. The summed E-state index contributed by atoms with van der Waals surface area (Å²) in [5.74, 6) is 0.802. The number of nitrogens with one attached hydrogen (secondary N) is 1. The van der Waals surface area contributed by atoms with Crippen molar-refractivity contribution in [2.75, 3.05) is 6.54 Å². The fourth-order valence-electron chi connectivity index (χ4n) is 3.30. The van der Waals surface area contributed by atoms with Gasteiger partial charge in [0.1, 0.15) is 5.82 Å². The third kappa shape index (κ3) is 2.31. The number of rotatable bonds is 3. The van der Waals surface area contributed by atoms with E-state index < -0.39 is 10.0 Å². The summed E-state index contributed by atoms with van der Waals surface area (Å²) in [7, 11) is -3.15. The molecule has 2 aliphatic rings. The first kappa shape index (κ1) is 13.1. The second-order valence-electron chi connectivity index (χ2n) is 5.67. The summed E-state index contributed by atoms with van der Waals surface area (Å²) in [6.45, 7) is 2.59. The smallest absolute Gasteiger partial charge is 0.217 e. The van der Waals surface area contributed by atoms with E-state index in [1.54, 1.807) is 10.5 Å². The Labute approximate surface area is 114 Å². The summed E-state index contributed by atoms with van der Waals surface area (Å²) >= 11 is 0. The molecule has 1 N–H and O–H groups in total. The van der Waals surface area contributed by atoms with Gasteiger partial charge in [-0.15, -0.1) is 0 Å². The van der Waals surface area contributed by atoms with Gasteiger partial charge in [-0.25, -0.2) is 13.4 Å². The molecule has 1 aromatic heterocycles. The normalized spacial score (nSPS) is 26.3. The summed E-state index contributed by atoms with van der Waals surface area (Å²) in [6.07, 6.45) is 7.30. The highest BCUT2D eigenvalue weighted by atomic mass is 32.2. The van der Waals surface area contributed by atoms with Crippen LogP contribution in [0.1, 0.15) is 56.1 Å². The van der Waals surface area contributed by atoms with Crippen LogP contribution in [0.2, 0.25) is 0 Å². The Morgan fingerprint density at radius 1 is 1.26 bits per heavy atom. The molecule has 1 aliphatic heterocycles. The number of hydrogen-bond donors (Lipinski definition) is 1. The van der Waals surface area contributed by atoms with Crippen molar-refractivity contribution in [3.63, 3.8) is 0 Å². The average molecular weight is 283 g/mol. The molecule has 0 amide bonds. The lowest BCUT2D eigenvalue weighted by Gasteiger charge is -2.25. The van der Waals surface area contributed by atoms with E-state index in [-0.39, 0.29) is 11.3 Å². The lowest BCUT2D eigenvalue weighted by molar-refractivity contribution is 0.378. The van der Waals surface area contributed by atoms with Crippen molar-refractivity contribution in [1.29, 1.82) is 0 Å². The second-order valence-corrected chi connectivity index (χ2v) is 7.84. The van der Waals surface area contributed by atoms with E-state index in [0.29, 0.717) is 6.54 Å². The van der Waals surface area contributed by atoms with E-state index in [9.17, 15) is 8.42 Å². The van der Waals surface area contributed by atoms with Crippen molar-refractivity contribution < 1.29 is 8.42 Å². The molecule has 106 valence electrons. The van der Waals surface area contributed by atoms with Gasteiger partial charge >= 0.3 is 0 Å². The monoisotopic (exact) mass is 283 g/mol. The summed E-state index contributed by atoms with van der Waals surface area (Å²) in [5, 5.41) is -0.163. The highest BCUT2D eigenvalue weighted by Crippen LogP contribution is 2.37. The Bertz CT molecular complexity index is 546. The van der Waals surface area contributed by atoms with Crippen molar-refractivity contribution in [3.05, 3.63) is 17.7 Å². The van der Waals surface area contributed by atoms with Crippen LogP contribution in [0, 0.1) is 6.92 Å². The third-order valence-electron chi connectivity index (χ3n) is 4.29. The summed E-state index contributed by atoms with van der Waals surface area (Å²) in [4.78, 5) is 7.52. The minimum absolute atomic E-state index is 0.0840. The van der Waals surface area contributed by atoms with Crippen LogP contribution in [0.15, 0.2) is 6.20 Å². The number of nitrogens with zero attached hydrogens (tertiary/aromatic N) is 2. The van der Waals surface area contributed by atoms with E-state index >= 15 is 0 Å². The predicted octanol–water partition coefficient (Wildman–Crippen LogP) is 2.13. The molecule has 3 rings (SSSR count). The van der Waals surface area contributed by atoms with E-state index in [2.05, 4.69) is 9.97 Å². The van der Waals surface area contributed by atoms with Crippen LogP contribution in [0.25, 0.3) is 0 Å². The van der Waals surface area contributed by atoms with Gasteiger partial charge < -0.3 is 4.98 Å². The maximum absolute atomic E-state index is 12.7. The minimum atomic E-state index is -3.15. The van der Waals surface area contributed by atoms with Crippen LogP contribution in [-0.2, 0) is 10.0 Å². The maximum Gasteiger partial charge on any atom is 0.217 e. The fraction of sp³-hybridized carbons (Fsp3) is 0.769. The standard InChI is InChI=1S/C13H21N3O2S/c1-10-9-14-13(15-10)12-7-4-8-16(12)19(17,18)11-5-2-3-6-11/h9,11-12H,2-8H2,1H3,(H,14,15). The zero-order valence-electron chi connectivity index (χ0n) is 11.3. The molecule has 1 saturated heterocycles. The molecule has 1 atom stereocenters. The molecule has 1 unspecified atom stereocenters. The van der Waals surface area contributed by atoms with E-state index in [4.69, 9.17) is 0 Å². The molecule has 19 heavy (non-hydrogen) atoms. The topological polar surface area (TPSA) is 66.1 Å². The quantitative estimate of drug-likeness (QED) is 0.924. The first-order valence-electron chi connectivity index (χ1n) is 7.11. The molecule has 6 heteroatoms. The molecule has 0 aromatic carbocycles. The number of sulfonamides is 1. The van der Waals surface area contributed by atoms with Crippen molar-refractivity contribution in [1.82, 2.24) is 14.3 Å². The molecular weight excluding hydrogens is 262 g/mol. The summed E-state index contributed by atoms with van der Waals surface area (Å²) < 4.78 is 27.1. The number of aromatic nitrogens is 2. The first-order chi connectivity index (χ1) is 9.09. The Morgan fingerprint density at radius 2 is 2.00 bits per heavy atom. The van der Waals surface area contributed by atoms with Gasteiger partial charge in [-0.05, 0) is 32.6 Å². The average Bonchev–Trinajstić information content (AvgIpc) is 3.10. The molecule has 1 saturated carbocycles. The first-order valence-corrected chi connectivity index (χ1v) is 8.61. The number of aromatic amines is 1. The lowest BCUT2D eigenvalue weighted by Crippen LogP contribution is -2.37. The van der Waals surface area contributed by atoms with Gasteiger partial charge in [-0.1, -0.05) is 12.8 Å². The molecule has 1 aliphatic carbocycles. The van der Waals surface area contributed by atoms with Crippen LogP contribution < -0.4 is 0 Å². The zero-order valence-corrected chi connectivity index (χ0v) is 12.1. The van der Waals surface area contributed by atoms with Crippen LogP contribution >= 0.6 is 0 Å². The van der Waals surface area contributed by atoms with E-state index in [1.807, 2.05) is 6.92 Å². The van der Waals surface area contributed by atoms with Gasteiger partial charge in [0.2, 0.25) is 10.0 Å². The van der Waals surface area contributed by atoms with Gasteiger partial charge in [0.15, 0.2) is 0 Å². The van der Waals surface area contributed by atoms with Gasteiger partial charge in [-0.2, -0.15) is 4.31 Å². The maximum atomic E-state index is 12.7. The van der Waals surface area contributed by atoms with Crippen molar-refractivity contribution >= 4 is 10.0 Å². The molecule has 0 bridgehead atoms. The molecule has 2 heterocycles. The van der Waals surface area contributed by atoms with Crippen molar-refractivity contribution in [2.24, 2.45) is 0 Å². The van der Waals surface area contributed by atoms with Gasteiger partial charge in [-0.3, -0.25) is 0 Å². The van der Waals surface area contributed by atoms with Crippen molar-refractivity contribution in [3.8, 4) is 0 Å². The van der Waals surface area contributed by atoms with Gasteiger partial charge in [0.05, 0.1) is 11.3 Å². The number of H-pyrrole nitrogens is 1. The summed E-state index contributed by atoms with van der Waals surface area (Å²) in [5.41, 5.74) is 0.986. The number of hydrogen-bond acceptors (Lipinski definition) is 3. The second kappa shape index (κ2) is 4.90. The third-order valence-corrected chi connectivity index (χ3v) is 6.70. The van der Waals surface area contributed by atoms with Crippen molar-refractivity contribution in [2.45, 2.75) is 56.7 Å². The van der Waals surface area contributed by atoms with Crippen LogP contribution in [0.3, 0.4) is 0 Å².